The maximum Gasteiger partial charge on any atom is 0.291 e. The van der Waals surface area contributed by atoms with Gasteiger partial charge in [0, 0.05) is 5.69 Å². The Labute approximate surface area is 162 Å². The van der Waals surface area contributed by atoms with E-state index in [4.69, 9.17) is 9.15 Å². The second kappa shape index (κ2) is 7.98. The van der Waals surface area contributed by atoms with Gasteiger partial charge in [-0.2, -0.15) is 0 Å². The van der Waals surface area contributed by atoms with Gasteiger partial charge in [0.05, 0.1) is 6.61 Å². The summed E-state index contributed by atoms with van der Waals surface area (Å²) in [5.41, 5.74) is 1.32. The minimum absolute atomic E-state index is 0.0826. The molecule has 0 radical (unpaired) electrons. The van der Waals surface area contributed by atoms with Gasteiger partial charge in [0.15, 0.2) is 5.76 Å². The summed E-state index contributed by atoms with van der Waals surface area (Å²) in [6.07, 6.45) is 0. The number of rotatable bonds is 6. The van der Waals surface area contributed by atoms with Crippen LogP contribution in [0.25, 0.3) is 10.8 Å². The molecule has 28 heavy (non-hydrogen) atoms. The fourth-order valence-corrected chi connectivity index (χ4v) is 2.93. The Kier molecular flexibility index (Phi) is 5.08. The Bertz CT molecular complexity index is 1120. The van der Waals surface area contributed by atoms with Crippen molar-refractivity contribution in [1.29, 1.82) is 0 Å². The predicted molar refractivity (Wildman–Crippen MR) is 107 cm³/mol. The largest absolute Gasteiger partial charge is 0.486 e. The average Bonchev–Trinajstić information content (AvgIpc) is 3.21. The van der Waals surface area contributed by atoms with Crippen molar-refractivity contribution in [3.63, 3.8) is 0 Å². The number of furan rings is 1. The van der Waals surface area contributed by atoms with Crippen molar-refractivity contribution in [2.45, 2.75) is 13.2 Å². The van der Waals surface area contributed by atoms with Crippen LogP contribution < -0.4 is 10.1 Å². The molecule has 140 valence electrons. The van der Waals surface area contributed by atoms with E-state index in [2.05, 4.69) is 5.32 Å². The second-order valence-electron chi connectivity index (χ2n) is 6.38. The molecule has 0 bridgehead atoms. The molecule has 4 rings (SSSR count). The van der Waals surface area contributed by atoms with Crippen LogP contribution in [-0.2, 0) is 13.2 Å². The molecule has 5 heteroatoms. The zero-order valence-electron chi connectivity index (χ0n) is 15.1. The van der Waals surface area contributed by atoms with E-state index in [9.17, 15) is 9.90 Å². The molecule has 0 aliphatic carbocycles. The maximum absolute atomic E-state index is 12.3. The number of ether oxygens (including phenoxy) is 1. The molecular weight excluding hydrogens is 354 g/mol. The summed E-state index contributed by atoms with van der Waals surface area (Å²) in [5.74, 6) is 1.14. The van der Waals surface area contributed by atoms with E-state index in [1.54, 1.807) is 36.4 Å². The normalized spacial score (nSPS) is 10.8. The van der Waals surface area contributed by atoms with E-state index in [0.717, 1.165) is 22.1 Å². The highest BCUT2D eigenvalue weighted by Gasteiger charge is 2.12. The Hall–Kier alpha value is -3.57. The van der Waals surface area contributed by atoms with Crippen molar-refractivity contribution < 1.29 is 19.1 Å². The molecule has 1 aromatic heterocycles. The van der Waals surface area contributed by atoms with E-state index in [-0.39, 0.29) is 24.9 Å². The molecule has 0 saturated carbocycles. The van der Waals surface area contributed by atoms with Crippen LogP contribution in [0.1, 0.15) is 21.9 Å². The number of carbonyl (C=O) groups is 1. The minimum Gasteiger partial charge on any atom is -0.486 e. The lowest BCUT2D eigenvalue weighted by Crippen LogP contribution is -2.11. The van der Waals surface area contributed by atoms with Crippen LogP contribution >= 0.6 is 0 Å². The van der Waals surface area contributed by atoms with Gasteiger partial charge in [-0.25, -0.2) is 0 Å². The number of fused-ring (bicyclic) bond motifs is 1. The summed E-state index contributed by atoms with van der Waals surface area (Å²) >= 11 is 0. The van der Waals surface area contributed by atoms with Crippen LogP contribution in [0.2, 0.25) is 0 Å². The Morgan fingerprint density at radius 1 is 0.929 bits per heavy atom. The summed E-state index contributed by atoms with van der Waals surface area (Å²) in [6, 6.07) is 24.3. The number of benzene rings is 3. The standard InChI is InChI=1S/C23H19NO4/c25-14-16-4-3-7-19(12-16)24-23(26)22-11-10-21(28-22)15-27-20-9-8-17-5-1-2-6-18(17)13-20/h1-13,25H,14-15H2,(H,24,26). The Morgan fingerprint density at radius 3 is 2.64 bits per heavy atom. The quantitative estimate of drug-likeness (QED) is 0.511. The van der Waals surface area contributed by atoms with Gasteiger partial charge in [-0.1, -0.05) is 42.5 Å². The molecule has 1 amide bonds. The minimum atomic E-state index is -0.355. The molecular formula is C23H19NO4. The second-order valence-corrected chi connectivity index (χ2v) is 6.38. The first kappa shape index (κ1) is 17.8. The lowest BCUT2D eigenvalue weighted by atomic mass is 10.1. The number of aliphatic hydroxyl groups excluding tert-OH is 1. The SMILES string of the molecule is O=C(Nc1cccc(CO)c1)c1ccc(COc2ccc3ccccc3c2)o1. The first-order valence-electron chi connectivity index (χ1n) is 8.93. The van der Waals surface area contributed by atoms with E-state index < -0.39 is 0 Å². The predicted octanol–water partition coefficient (Wildman–Crippen LogP) is 4.76. The van der Waals surface area contributed by atoms with E-state index in [1.807, 2.05) is 42.5 Å². The van der Waals surface area contributed by atoms with Crippen LogP contribution in [0.5, 0.6) is 5.75 Å². The van der Waals surface area contributed by atoms with Gasteiger partial charge in [0.1, 0.15) is 18.1 Å². The lowest BCUT2D eigenvalue weighted by molar-refractivity contribution is 0.0992. The number of hydrogen-bond acceptors (Lipinski definition) is 4. The molecule has 0 atom stereocenters. The Morgan fingerprint density at radius 2 is 1.79 bits per heavy atom. The van der Waals surface area contributed by atoms with Crippen molar-refractivity contribution in [2.75, 3.05) is 5.32 Å². The van der Waals surface area contributed by atoms with Crippen LogP contribution in [0, 0.1) is 0 Å². The van der Waals surface area contributed by atoms with Crippen molar-refractivity contribution in [2.24, 2.45) is 0 Å². The number of carbonyl (C=O) groups excluding carboxylic acids is 1. The first-order chi connectivity index (χ1) is 13.7. The topological polar surface area (TPSA) is 71.7 Å². The van der Waals surface area contributed by atoms with Gasteiger partial charge < -0.3 is 19.6 Å². The summed E-state index contributed by atoms with van der Waals surface area (Å²) in [5, 5.41) is 14.2. The van der Waals surface area contributed by atoms with Crippen molar-refractivity contribution >= 4 is 22.4 Å². The number of aliphatic hydroxyl groups is 1. The summed E-state index contributed by atoms with van der Waals surface area (Å²) in [4.78, 5) is 12.3. The molecule has 0 aliphatic rings. The zero-order valence-corrected chi connectivity index (χ0v) is 15.1. The van der Waals surface area contributed by atoms with Gasteiger partial charge in [-0.05, 0) is 52.7 Å². The van der Waals surface area contributed by atoms with Gasteiger partial charge in [-0.3, -0.25) is 4.79 Å². The molecule has 0 fully saturated rings. The van der Waals surface area contributed by atoms with Crippen LogP contribution in [0.3, 0.4) is 0 Å². The highest BCUT2D eigenvalue weighted by Crippen LogP contribution is 2.22. The van der Waals surface area contributed by atoms with E-state index in [0.29, 0.717) is 11.4 Å². The van der Waals surface area contributed by atoms with Crippen LogP contribution in [0.15, 0.2) is 83.3 Å². The molecule has 0 unspecified atom stereocenters. The van der Waals surface area contributed by atoms with Crippen LogP contribution in [-0.4, -0.2) is 11.0 Å². The van der Waals surface area contributed by atoms with Gasteiger partial charge in [0.2, 0.25) is 0 Å². The Balaban J connectivity index is 1.39. The van der Waals surface area contributed by atoms with Gasteiger partial charge in [0.25, 0.3) is 5.91 Å². The number of amides is 1. The molecule has 4 aromatic rings. The number of anilines is 1. The fraction of sp³-hybridized carbons (Fsp3) is 0.0870. The molecule has 0 aliphatic heterocycles. The average molecular weight is 373 g/mol. The van der Waals surface area contributed by atoms with Crippen LogP contribution in [0.4, 0.5) is 5.69 Å². The van der Waals surface area contributed by atoms with Crippen molar-refractivity contribution in [3.8, 4) is 5.75 Å². The molecule has 0 spiro atoms. The van der Waals surface area contributed by atoms with E-state index >= 15 is 0 Å². The van der Waals surface area contributed by atoms with Gasteiger partial charge >= 0.3 is 0 Å². The van der Waals surface area contributed by atoms with Gasteiger partial charge in [-0.15, -0.1) is 0 Å². The highest BCUT2D eigenvalue weighted by molar-refractivity contribution is 6.02. The third-order valence-electron chi connectivity index (χ3n) is 4.35. The molecule has 3 aromatic carbocycles. The lowest BCUT2D eigenvalue weighted by Gasteiger charge is -2.06. The smallest absolute Gasteiger partial charge is 0.291 e. The van der Waals surface area contributed by atoms with Crippen molar-refractivity contribution in [1.82, 2.24) is 0 Å². The third kappa shape index (κ3) is 4.05. The number of nitrogens with one attached hydrogen (secondary N) is 1. The first-order valence-corrected chi connectivity index (χ1v) is 8.93. The third-order valence-corrected chi connectivity index (χ3v) is 4.35. The summed E-state index contributed by atoms with van der Waals surface area (Å²) in [6.45, 7) is 0.145. The summed E-state index contributed by atoms with van der Waals surface area (Å²) in [7, 11) is 0. The zero-order chi connectivity index (χ0) is 19.3. The summed E-state index contributed by atoms with van der Waals surface area (Å²) < 4.78 is 11.4. The van der Waals surface area contributed by atoms with E-state index in [1.165, 1.54) is 0 Å². The molecule has 5 nitrogen and oxygen atoms in total. The fourth-order valence-electron chi connectivity index (χ4n) is 2.93. The molecule has 0 saturated heterocycles. The highest BCUT2D eigenvalue weighted by atomic mass is 16.5. The van der Waals surface area contributed by atoms with Crippen molar-refractivity contribution in [3.05, 3.63) is 95.9 Å². The monoisotopic (exact) mass is 373 g/mol. The molecule has 2 N–H and O–H groups in total. The molecule has 1 heterocycles. The maximum atomic E-state index is 12.3. The number of hydrogen-bond donors (Lipinski definition) is 2.